The van der Waals surface area contributed by atoms with Gasteiger partial charge in [0.05, 0.1) is 0 Å². The molecule has 0 aromatic heterocycles. The molecule has 0 heterocycles. The zero-order chi connectivity index (χ0) is 10.9. The van der Waals surface area contributed by atoms with Gasteiger partial charge >= 0.3 is 0 Å². The molecule has 2 nitrogen and oxygen atoms in total. The second-order valence-corrected chi connectivity index (χ2v) is 4.59. The van der Waals surface area contributed by atoms with Crippen LogP contribution in [-0.2, 0) is 0 Å². The third-order valence-corrected chi connectivity index (χ3v) is 3.35. The van der Waals surface area contributed by atoms with Crippen molar-refractivity contribution in [3.05, 3.63) is 0 Å². The lowest BCUT2D eigenvalue weighted by atomic mass is 9.92. The lowest BCUT2D eigenvalue weighted by Gasteiger charge is -2.20. The van der Waals surface area contributed by atoms with Crippen LogP contribution >= 0.6 is 0 Å². The normalized spacial score (nSPS) is 20.1. The van der Waals surface area contributed by atoms with Crippen LogP contribution in [0.25, 0.3) is 0 Å². The van der Waals surface area contributed by atoms with Crippen molar-refractivity contribution in [2.45, 2.75) is 64.3 Å². The van der Waals surface area contributed by atoms with E-state index in [9.17, 15) is 0 Å². The van der Waals surface area contributed by atoms with Crippen LogP contribution in [0.15, 0.2) is 0 Å². The van der Waals surface area contributed by atoms with Gasteiger partial charge in [0, 0.05) is 12.5 Å². The first-order chi connectivity index (χ1) is 7.36. The van der Waals surface area contributed by atoms with E-state index in [1.165, 1.54) is 44.9 Å². The van der Waals surface area contributed by atoms with Crippen molar-refractivity contribution in [2.24, 2.45) is 11.8 Å². The van der Waals surface area contributed by atoms with Gasteiger partial charge in [0.15, 0.2) is 0 Å². The zero-order valence-corrected chi connectivity index (χ0v) is 9.89. The molecule has 3 N–H and O–H groups in total. The molecule has 1 atom stereocenters. The van der Waals surface area contributed by atoms with Crippen molar-refractivity contribution in [1.29, 1.82) is 0 Å². The molecule has 1 aliphatic rings. The van der Waals surface area contributed by atoms with Crippen LogP contribution < -0.4 is 11.3 Å². The predicted molar refractivity (Wildman–Crippen MR) is 65.0 cm³/mol. The SMILES string of the molecule is CC#CCC(CC1CCCCCC1)NN. The second-order valence-electron chi connectivity index (χ2n) is 4.59. The molecule has 1 unspecified atom stereocenters. The summed E-state index contributed by atoms with van der Waals surface area (Å²) in [5.41, 5.74) is 2.90. The fourth-order valence-corrected chi connectivity index (χ4v) is 2.44. The van der Waals surface area contributed by atoms with Crippen molar-refractivity contribution in [3.63, 3.8) is 0 Å². The molecule has 86 valence electrons. The van der Waals surface area contributed by atoms with Crippen LogP contribution in [0.3, 0.4) is 0 Å². The number of rotatable bonds is 4. The van der Waals surface area contributed by atoms with E-state index in [2.05, 4.69) is 17.3 Å². The highest BCUT2D eigenvalue weighted by Gasteiger charge is 2.16. The van der Waals surface area contributed by atoms with E-state index in [-0.39, 0.29) is 0 Å². The number of nitrogens with two attached hydrogens (primary N) is 1. The molecule has 1 saturated carbocycles. The van der Waals surface area contributed by atoms with Crippen LogP contribution in [0.1, 0.15) is 58.3 Å². The first-order valence-corrected chi connectivity index (χ1v) is 6.22. The van der Waals surface area contributed by atoms with Crippen molar-refractivity contribution in [1.82, 2.24) is 5.43 Å². The smallest absolute Gasteiger partial charge is 0.0322 e. The second kappa shape index (κ2) is 7.73. The molecule has 0 saturated heterocycles. The lowest BCUT2D eigenvalue weighted by molar-refractivity contribution is 0.357. The van der Waals surface area contributed by atoms with Crippen LogP contribution in [-0.4, -0.2) is 6.04 Å². The fourth-order valence-electron chi connectivity index (χ4n) is 2.44. The fraction of sp³-hybridized carbons (Fsp3) is 0.846. The summed E-state index contributed by atoms with van der Waals surface area (Å²) in [6.45, 7) is 1.89. The first-order valence-electron chi connectivity index (χ1n) is 6.22. The third-order valence-electron chi connectivity index (χ3n) is 3.35. The highest BCUT2D eigenvalue weighted by molar-refractivity contribution is 4.98. The molecule has 0 aromatic carbocycles. The molecule has 2 heteroatoms. The molecule has 0 radical (unpaired) electrons. The Hall–Kier alpha value is -0.520. The minimum Gasteiger partial charge on any atom is -0.271 e. The van der Waals surface area contributed by atoms with Gasteiger partial charge in [0.2, 0.25) is 0 Å². The van der Waals surface area contributed by atoms with Crippen molar-refractivity contribution < 1.29 is 0 Å². The summed E-state index contributed by atoms with van der Waals surface area (Å²) in [7, 11) is 0. The quantitative estimate of drug-likeness (QED) is 0.322. The molecule has 1 aliphatic carbocycles. The average Bonchev–Trinajstić information content (AvgIpc) is 2.52. The summed E-state index contributed by atoms with van der Waals surface area (Å²) in [6.07, 6.45) is 10.5. The molecule has 1 fully saturated rings. The van der Waals surface area contributed by atoms with Crippen molar-refractivity contribution in [2.75, 3.05) is 0 Å². The minimum absolute atomic E-state index is 0.389. The Morgan fingerprint density at radius 2 is 1.93 bits per heavy atom. The van der Waals surface area contributed by atoms with E-state index in [4.69, 9.17) is 5.84 Å². The molecular weight excluding hydrogens is 184 g/mol. The number of hydrogen-bond acceptors (Lipinski definition) is 2. The summed E-state index contributed by atoms with van der Waals surface area (Å²) in [4.78, 5) is 0. The maximum Gasteiger partial charge on any atom is 0.0322 e. The van der Waals surface area contributed by atoms with Crippen molar-refractivity contribution >= 4 is 0 Å². The molecule has 1 rings (SSSR count). The Balaban J connectivity index is 2.30. The summed E-state index contributed by atoms with van der Waals surface area (Å²) < 4.78 is 0. The Bertz CT molecular complexity index is 206. The Kier molecular flexibility index (Phi) is 6.47. The summed E-state index contributed by atoms with van der Waals surface area (Å²) in [6, 6.07) is 0.389. The lowest BCUT2D eigenvalue weighted by Crippen LogP contribution is -2.36. The van der Waals surface area contributed by atoms with Crippen LogP contribution in [0.5, 0.6) is 0 Å². The standard InChI is InChI=1S/C13H24N2/c1-2-3-10-13(15-14)11-12-8-6-4-5-7-9-12/h12-13,15H,4-11,14H2,1H3. The van der Waals surface area contributed by atoms with Gasteiger partial charge in [-0.05, 0) is 19.3 Å². The van der Waals surface area contributed by atoms with E-state index < -0.39 is 0 Å². The summed E-state index contributed by atoms with van der Waals surface area (Å²) >= 11 is 0. The maximum atomic E-state index is 5.55. The van der Waals surface area contributed by atoms with Gasteiger partial charge in [-0.2, -0.15) is 0 Å². The highest BCUT2D eigenvalue weighted by Crippen LogP contribution is 2.26. The Labute approximate surface area is 94.0 Å². The highest BCUT2D eigenvalue weighted by atomic mass is 15.2. The number of hydrogen-bond donors (Lipinski definition) is 2. The predicted octanol–water partition coefficient (Wildman–Crippen LogP) is 2.59. The van der Waals surface area contributed by atoms with Gasteiger partial charge in [-0.3, -0.25) is 11.3 Å². The van der Waals surface area contributed by atoms with E-state index in [0.29, 0.717) is 6.04 Å². The molecule has 0 spiro atoms. The molecule has 0 amide bonds. The van der Waals surface area contributed by atoms with Gasteiger partial charge in [0.25, 0.3) is 0 Å². The minimum atomic E-state index is 0.389. The van der Waals surface area contributed by atoms with Gasteiger partial charge in [-0.15, -0.1) is 11.8 Å². The third kappa shape index (κ3) is 5.20. The van der Waals surface area contributed by atoms with Crippen molar-refractivity contribution in [3.8, 4) is 11.8 Å². The number of hydrazine groups is 1. The maximum absolute atomic E-state index is 5.55. The van der Waals surface area contributed by atoms with Gasteiger partial charge in [0.1, 0.15) is 0 Å². The largest absolute Gasteiger partial charge is 0.271 e. The van der Waals surface area contributed by atoms with Gasteiger partial charge in [-0.1, -0.05) is 38.5 Å². The molecule has 0 bridgehead atoms. The Morgan fingerprint density at radius 1 is 1.27 bits per heavy atom. The molecule has 15 heavy (non-hydrogen) atoms. The molecule has 0 aromatic rings. The monoisotopic (exact) mass is 208 g/mol. The van der Waals surface area contributed by atoms with E-state index in [1.54, 1.807) is 0 Å². The Morgan fingerprint density at radius 3 is 2.47 bits per heavy atom. The summed E-state index contributed by atoms with van der Waals surface area (Å²) in [5, 5.41) is 0. The van der Waals surface area contributed by atoms with Crippen LogP contribution in [0.2, 0.25) is 0 Å². The molecular formula is C13H24N2. The first kappa shape index (κ1) is 12.5. The number of nitrogens with one attached hydrogen (secondary N) is 1. The average molecular weight is 208 g/mol. The summed E-state index contributed by atoms with van der Waals surface area (Å²) in [5.74, 6) is 12.5. The zero-order valence-electron chi connectivity index (χ0n) is 9.89. The van der Waals surface area contributed by atoms with E-state index >= 15 is 0 Å². The topological polar surface area (TPSA) is 38.0 Å². The van der Waals surface area contributed by atoms with Crippen LogP contribution in [0, 0.1) is 17.8 Å². The van der Waals surface area contributed by atoms with Crippen LogP contribution in [0.4, 0.5) is 0 Å². The molecule has 0 aliphatic heterocycles. The van der Waals surface area contributed by atoms with Gasteiger partial charge < -0.3 is 0 Å². The van der Waals surface area contributed by atoms with E-state index in [1.807, 2.05) is 6.92 Å². The van der Waals surface area contributed by atoms with E-state index in [0.717, 1.165) is 12.3 Å². The van der Waals surface area contributed by atoms with Gasteiger partial charge in [-0.25, -0.2) is 0 Å².